The lowest BCUT2D eigenvalue weighted by molar-refractivity contribution is -0.212. The molecule has 27 atom stereocenters. The van der Waals surface area contributed by atoms with Crippen molar-refractivity contribution < 1.29 is 118 Å². The van der Waals surface area contributed by atoms with E-state index in [9.17, 15) is 68.1 Å². The van der Waals surface area contributed by atoms with Crippen LogP contribution in [-0.2, 0) is 73.4 Å². The summed E-state index contributed by atoms with van der Waals surface area (Å²) in [5.74, 6) is -8.32. The van der Waals surface area contributed by atoms with Crippen molar-refractivity contribution in [3.05, 3.63) is 133 Å². The van der Waals surface area contributed by atoms with Crippen molar-refractivity contribution in [2.75, 3.05) is 59.1 Å². The van der Waals surface area contributed by atoms with Gasteiger partial charge in [-0.05, 0) is 196 Å². The first-order valence-corrected chi connectivity index (χ1v) is 40.6. The summed E-state index contributed by atoms with van der Waals surface area (Å²) in [5, 5.41) is 38.0. The molecule has 3 aliphatic heterocycles. The molecule has 0 bridgehead atoms. The van der Waals surface area contributed by atoms with Crippen molar-refractivity contribution in [2.45, 2.75) is 188 Å². The molecule has 3 saturated heterocycles. The summed E-state index contributed by atoms with van der Waals surface area (Å²) < 4.78 is 123. The molecule has 650 valence electrons. The minimum absolute atomic E-state index is 0. The Kier molecular flexibility index (Phi) is 25.1. The fourth-order valence-corrected chi connectivity index (χ4v) is 27.1. The molecule has 15 aliphatic rings. The zero-order valence-electron chi connectivity index (χ0n) is 67.6. The second-order valence-corrected chi connectivity index (χ2v) is 36.9. The number of rotatable bonds is 13. The summed E-state index contributed by atoms with van der Waals surface area (Å²) in [6.45, 7) is 21.9. The van der Waals surface area contributed by atoms with E-state index in [0.29, 0.717) is 52.0 Å². The molecule has 0 unspecified atom stereocenters. The molecule has 4 N–H and O–H groups in total. The number of aliphatic hydroxyl groups excluding tert-OH is 3. The summed E-state index contributed by atoms with van der Waals surface area (Å²) >= 11 is 4.65. The monoisotopic (exact) mass is 1710 g/mol. The molecule has 1 aromatic carbocycles. The number of hydrogen-bond donors (Lipinski definition) is 4. The summed E-state index contributed by atoms with van der Waals surface area (Å²) in [4.78, 5) is 138. The number of alkyl halides is 6. The lowest BCUT2D eigenvalue weighted by Gasteiger charge is -2.63. The Morgan fingerprint density at radius 2 is 0.874 bits per heavy atom. The van der Waals surface area contributed by atoms with Crippen LogP contribution in [0, 0.1) is 102 Å². The number of carbonyl (C=O) groups excluding carboxylic acids is 11. The molecule has 3 heterocycles. The normalized spacial score (nSPS) is 43.3. The van der Waals surface area contributed by atoms with Gasteiger partial charge >= 0.3 is 29.4 Å². The van der Waals surface area contributed by atoms with Gasteiger partial charge in [-0.15, -0.1) is 12.4 Å². The van der Waals surface area contributed by atoms with Crippen molar-refractivity contribution in [1.29, 1.82) is 0 Å². The molecule has 0 aromatic heterocycles. The number of aliphatic hydroxyl groups is 3. The molecular weight excluding hydrogens is 1600 g/mol. The van der Waals surface area contributed by atoms with Crippen LogP contribution in [0.3, 0.4) is 0 Å². The zero-order chi connectivity index (χ0) is 85.5. The summed E-state index contributed by atoms with van der Waals surface area (Å²) in [6.07, 6.45) is 4.43. The van der Waals surface area contributed by atoms with Gasteiger partial charge in [0, 0.05) is 106 Å². The number of Topliss-reactive ketones (excluding diaryl/α,β-unsaturated/α-hetero) is 3. The second kappa shape index (κ2) is 32.5. The van der Waals surface area contributed by atoms with Gasteiger partial charge in [0.15, 0.2) is 71.5 Å². The first-order valence-electron chi connectivity index (χ1n) is 40.2. The molecule has 0 radical (unpaired) electrons. The van der Waals surface area contributed by atoms with Crippen LogP contribution in [0.2, 0.25) is 0 Å². The first-order chi connectivity index (χ1) is 54.8. The van der Waals surface area contributed by atoms with Crippen molar-refractivity contribution >= 4 is 88.1 Å². The highest BCUT2D eigenvalue weighted by atomic mass is 35.5. The highest BCUT2D eigenvalue weighted by Gasteiger charge is 2.82. The molecule has 0 spiro atoms. The summed E-state index contributed by atoms with van der Waals surface area (Å²) in [6, 6.07) is 9.95. The number of hydrogen-bond acceptors (Lipinski definition) is 21. The fraction of sp³-hybridized carbons (Fsp3) is 0.629. The molecule has 1 aromatic rings. The highest BCUT2D eigenvalue weighted by Crippen LogP contribution is 2.78. The van der Waals surface area contributed by atoms with Crippen molar-refractivity contribution in [2.24, 2.45) is 102 Å². The first kappa shape index (κ1) is 92.0. The van der Waals surface area contributed by atoms with Crippen LogP contribution in [0.4, 0.5) is 35.9 Å². The number of nitrogens with zero attached hydrogens (tertiary/aromatic N) is 2. The predicted molar refractivity (Wildman–Crippen MR) is 424 cm³/mol. The second-order valence-electron chi connectivity index (χ2n) is 36.6. The van der Waals surface area contributed by atoms with Crippen LogP contribution < -0.4 is 5.32 Å². The fourth-order valence-electron chi connectivity index (χ4n) is 27.0. The number of esters is 3. The third kappa shape index (κ3) is 13.5. The Morgan fingerprint density at radius 1 is 0.521 bits per heavy atom. The van der Waals surface area contributed by atoms with E-state index in [1.165, 1.54) is 81.2 Å². The number of benzene rings is 1. The van der Waals surface area contributed by atoms with E-state index in [1.807, 2.05) is 44.2 Å². The van der Waals surface area contributed by atoms with Crippen molar-refractivity contribution in [1.82, 2.24) is 15.1 Å². The molecule has 30 heteroatoms. The smallest absolute Gasteiger partial charge is 0.414 e. The third-order valence-electron chi connectivity index (χ3n) is 32.0. The quantitative estimate of drug-likeness (QED) is 0.0469. The van der Waals surface area contributed by atoms with Crippen molar-refractivity contribution in [3.63, 3.8) is 0 Å². The van der Waals surface area contributed by atoms with Crippen LogP contribution in [0.1, 0.15) is 133 Å². The molecule has 12 aliphatic carbocycles. The number of nitrogens with one attached hydrogen (secondary N) is 1. The minimum atomic E-state index is -2.27. The van der Waals surface area contributed by atoms with Gasteiger partial charge in [0.05, 0.1) is 47.1 Å². The standard InChI is InChI=1S/C32H37F2NO5.C28H33F2NO7.C25H31F2NO5.C3H3ClO2.CH4.ClH/c1-19(36)40-17-28(39)31-18-35(15-20-7-5-4-6-8-20)16-21(31)11-23-24-13-26(33)25-12-22(37)9-10-29(25,2)32(24,34)27(38)14-30(23,31)3;1-5-37-24(36)31-12-16-8-18-19-10-21(29)20-9-17(33)6-7-25(20,3)28(19,30)22(34)11-26(18,4)27(16,14-31)23(35)13-38-15(2)32;1-13(29)33-11-21(32)24-12-28-10-14(24)6-16-17-8-19(26)18-7-15(30)4-5-22(18,2)25(17,27)20(31)9-23(16,24)3;1-2-6-3(4)5;;/h4-10,12,21,23-24,26-27,38H,11,13-18H2,1-3H3;5-7,9,16,18-19,21-22,34H,1,8,10-14H2,2-4H3;4-5,7,14,16-17,19-20,28,31H,6,8-12H2,1-3H3;2H,1H2;1H4;1H/t21-,23-,24-,26-,27-,29-,30-,31+,32-;16-,18-,19-,21-,22-,25-,26-,27+,28-;14-,16-,17-,19-,20-,22-,23-,24+,25-;;;/m000.../s1. The third-order valence-corrected chi connectivity index (χ3v) is 32.1. The maximum atomic E-state index is 17.6. The lowest BCUT2D eigenvalue weighted by Crippen LogP contribution is -2.69. The maximum Gasteiger partial charge on any atom is 0.414 e. The Bertz CT molecular complexity index is 4540. The molecular formula is C89H109Cl2F6N3O19. The van der Waals surface area contributed by atoms with E-state index in [4.69, 9.17) is 18.9 Å². The summed E-state index contributed by atoms with van der Waals surface area (Å²) in [5.41, 5.74) is -16.4. The zero-order valence-corrected chi connectivity index (χ0v) is 69.1. The topological polar surface area (TPSA) is 313 Å². The van der Waals surface area contributed by atoms with Gasteiger partial charge in [0.25, 0.3) is 0 Å². The Labute approximate surface area is 699 Å². The average Bonchev–Trinajstić information content (AvgIpc) is 1.57. The Hall–Kier alpha value is -7.73. The average molecular weight is 1710 g/mol. The molecule has 119 heavy (non-hydrogen) atoms. The van der Waals surface area contributed by atoms with Gasteiger partial charge in [0.2, 0.25) is 0 Å². The van der Waals surface area contributed by atoms with Gasteiger partial charge in [-0.3, -0.25) is 48.1 Å². The number of ether oxygens (including phenoxy) is 5. The maximum absolute atomic E-state index is 17.6. The molecule has 16 rings (SSSR count). The van der Waals surface area contributed by atoms with Crippen LogP contribution in [0.25, 0.3) is 0 Å². The molecule has 22 nitrogen and oxygen atoms in total. The van der Waals surface area contributed by atoms with Gasteiger partial charge < -0.3 is 49.2 Å². The SMILES string of the molecule is C.C=COC(=O)Cl.C=COC(=O)N1C[C@@H]2C[C@H]3[C@@H]4C[C@H](F)C5=CC(=O)C=C[C@]5(C)[C@@]4(F)[C@@H](O)C[C@]3(C)[C@]2(C(=O)COC(C)=O)C1.CC(=O)OCC(=O)[C@@]12CN(Cc3ccccc3)C[C@@H]1C[C@H]1[C@@H]3C[C@H](F)C4=CC(=O)C=C[C@]4(C)[C@@]3(F)[C@@H](O)C[C@@]12C.CC(=O)OCC(=O)[C@@]12CNC[C@@H]1C[C@H]1[C@@H]3C[C@H](F)C4=CC(=O)C=C[C@]4(C)[C@@]3(F)[C@@H](O)C[C@@]12C.Cl. The van der Waals surface area contributed by atoms with E-state index in [0.717, 1.165) is 24.2 Å². The summed E-state index contributed by atoms with van der Waals surface area (Å²) in [7, 11) is 0. The van der Waals surface area contributed by atoms with Gasteiger partial charge in [-0.25, -0.2) is 35.9 Å². The van der Waals surface area contributed by atoms with Crippen LogP contribution in [0.5, 0.6) is 0 Å². The Morgan fingerprint density at radius 3 is 1.24 bits per heavy atom. The van der Waals surface area contributed by atoms with Crippen LogP contribution in [0.15, 0.2) is 127 Å². The number of ketones is 6. The largest absolute Gasteiger partial charge is 0.458 e. The molecule has 12 fully saturated rings. The van der Waals surface area contributed by atoms with Gasteiger partial charge in [-0.1, -0.05) is 89.9 Å². The number of allylic oxidation sites excluding steroid dienone is 12. The van der Waals surface area contributed by atoms with Crippen LogP contribution in [-0.4, -0.2) is 202 Å². The number of likely N-dealkylation sites (tertiary alicyclic amines) is 2. The van der Waals surface area contributed by atoms with E-state index in [2.05, 4.69) is 39.7 Å². The molecule has 1 amide bonds. The number of carbonyl (C=O) groups is 11. The van der Waals surface area contributed by atoms with E-state index in [-0.39, 0.29) is 148 Å². The van der Waals surface area contributed by atoms with E-state index >= 15 is 26.3 Å². The van der Waals surface area contributed by atoms with Gasteiger partial charge in [-0.2, -0.15) is 0 Å². The highest BCUT2D eigenvalue weighted by molar-refractivity contribution is 6.61. The van der Waals surface area contributed by atoms with Crippen LogP contribution >= 0.6 is 24.0 Å². The number of halogens is 8. The number of fused-ring (bicyclic) bond motifs is 21. The van der Waals surface area contributed by atoms with Gasteiger partial charge in [0.1, 0.15) is 18.5 Å². The van der Waals surface area contributed by atoms with Crippen molar-refractivity contribution in [3.8, 4) is 0 Å². The predicted octanol–water partition coefficient (Wildman–Crippen LogP) is 12.2. The Balaban J connectivity index is 0.000000168. The lowest BCUT2D eigenvalue weighted by atomic mass is 9.43. The van der Waals surface area contributed by atoms with E-state index < -0.39 is 180 Å². The number of amides is 1. The minimum Gasteiger partial charge on any atom is -0.458 e. The molecule has 9 saturated carbocycles. The van der Waals surface area contributed by atoms with E-state index in [1.54, 1.807) is 20.8 Å².